The minimum Gasteiger partial charge on any atom is -0.478 e. The topological polar surface area (TPSA) is 68.0 Å². The van der Waals surface area contributed by atoms with Crippen LogP contribution in [-0.2, 0) is 13.0 Å². The van der Waals surface area contributed by atoms with Crippen molar-refractivity contribution in [1.29, 1.82) is 0 Å². The SMILES string of the molecule is CCC=Cc1nc(CCC(C)C)nn1Cc1ccc(-c2ccccc2C(=O)O)cc1. The highest BCUT2D eigenvalue weighted by molar-refractivity contribution is 5.95. The van der Waals surface area contributed by atoms with Gasteiger partial charge in [-0.25, -0.2) is 14.5 Å². The van der Waals surface area contributed by atoms with Gasteiger partial charge in [0.05, 0.1) is 12.1 Å². The molecule has 5 heteroatoms. The number of aryl methyl sites for hydroxylation is 1. The molecule has 30 heavy (non-hydrogen) atoms. The first-order valence-corrected chi connectivity index (χ1v) is 10.5. The Balaban J connectivity index is 1.83. The van der Waals surface area contributed by atoms with Crippen molar-refractivity contribution in [2.75, 3.05) is 0 Å². The third-order valence-corrected chi connectivity index (χ3v) is 4.95. The van der Waals surface area contributed by atoms with Crippen molar-refractivity contribution in [2.45, 2.75) is 46.6 Å². The fourth-order valence-electron chi connectivity index (χ4n) is 3.27. The zero-order chi connectivity index (χ0) is 21.5. The number of carbonyl (C=O) groups is 1. The molecule has 0 aliphatic carbocycles. The van der Waals surface area contributed by atoms with Gasteiger partial charge < -0.3 is 5.11 Å². The smallest absolute Gasteiger partial charge is 0.336 e. The predicted molar refractivity (Wildman–Crippen MR) is 120 cm³/mol. The maximum Gasteiger partial charge on any atom is 0.336 e. The lowest BCUT2D eigenvalue weighted by Gasteiger charge is -2.08. The lowest BCUT2D eigenvalue weighted by Crippen LogP contribution is -2.05. The number of hydrogen-bond donors (Lipinski definition) is 1. The molecule has 0 unspecified atom stereocenters. The summed E-state index contributed by atoms with van der Waals surface area (Å²) in [7, 11) is 0. The summed E-state index contributed by atoms with van der Waals surface area (Å²) in [4.78, 5) is 16.2. The van der Waals surface area contributed by atoms with Crippen LogP contribution in [0.3, 0.4) is 0 Å². The molecule has 0 bridgehead atoms. The monoisotopic (exact) mass is 403 g/mol. The van der Waals surface area contributed by atoms with E-state index in [1.807, 2.05) is 47.2 Å². The Morgan fingerprint density at radius 1 is 1.13 bits per heavy atom. The Morgan fingerprint density at radius 3 is 2.53 bits per heavy atom. The predicted octanol–water partition coefficient (Wildman–Crippen LogP) is 5.70. The number of rotatable bonds is 9. The van der Waals surface area contributed by atoms with E-state index in [0.29, 0.717) is 18.0 Å². The van der Waals surface area contributed by atoms with Gasteiger partial charge >= 0.3 is 5.97 Å². The summed E-state index contributed by atoms with van der Waals surface area (Å²) in [6.45, 7) is 7.14. The van der Waals surface area contributed by atoms with Crippen LogP contribution in [0.15, 0.2) is 54.6 Å². The molecule has 0 saturated heterocycles. The highest BCUT2D eigenvalue weighted by atomic mass is 16.4. The lowest BCUT2D eigenvalue weighted by atomic mass is 9.99. The van der Waals surface area contributed by atoms with Crippen LogP contribution in [0.2, 0.25) is 0 Å². The molecule has 0 fully saturated rings. The van der Waals surface area contributed by atoms with Gasteiger partial charge in [0.2, 0.25) is 0 Å². The number of carboxylic acids is 1. The molecular weight excluding hydrogens is 374 g/mol. The molecule has 0 aliphatic heterocycles. The van der Waals surface area contributed by atoms with E-state index in [0.717, 1.165) is 47.6 Å². The number of aromatic nitrogens is 3. The Labute approximate surface area is 178 Å². The minimum absolute atomic E-state index is 0.309. The molecule has 1 N–H and O–H groups in total. The number of aromatic carboxylic acids is 1. The Morgan fingerprint density at radius 2 is 1.87 bits per heavy atom. The van der Waals surface area contributed by atoms with Crippen molar-refractivity contribution in [3.05, 3.63) is 77.4 Å². The maximum atomic E-state index is 11.5. The fourth-order valence-corrected chi connectivity index (χ4v) is 3.27. The highest BCUT2D eigenvalue weighted by Crippen LogP contribution is 2.24. The van der Waals surface area contributed by atoms with Crippen LogP contribution in [0.1, 0.15) is 61.2 Å². The maximum absolute atomic E-state index is 11.5. The Bertz CT molecular complexity index is 1020. The van der Waals surface area contributed by atoms with Crippen LogP contribution >= 0.6 is 0 Å². The van der Waals surface area contributed by atoms with Gasteiger partial charge in [-0.2, -0.15) is 5.10 Å². The molecular formula is C25H29N3O2. The lowest BCUT2D eigenvalue weighted by molar-refractivity contribution is 0.0697. The average Bonchev–Trinajstić information content (AvgIpc) is 3.12. The van der Waals surface area contributed by atoms with Crippen molar-refractivity contribution in [3.8, 4) is 11.1 Å². The van der Waals surface area contributed by atoms with Gasteiger partial charge in [0.1, 0.15) is 0 Å². The summed E-state index contributed by atoms with van der Waals surface area (Å²) in [5.74, 6) is 1.45. The standard InChI is InChI=1S/C25H29N3O2/c1-4-5-10-24-26-23(16-11-18(2)3)27-28(24)17-19-12-14-20(15-13-19)21-8-6-7-9-22(21)25(29)30/h5-10,12-15,18H,4,11,16-17H2,1-3H3,(H,29,30). The number of carboxylic acid groups (broad SMARTS) is 1. The van der Waals surface area contributed by atoms with Gasteiger partial charge in [-0.3, -0.25) is 0 Å². The second-order valence-corrected chi connectivity index (χ2v) is 7.83. The number of benzene rings is 2. The average molecular weight is 404 g/mol. The normalized spacial score (nSPS) is 11.5. The molecule has 3 rings (SSSR count). The molecule has 0 amide bonds. The second kappa shape index (κ2) is 10.0. The fraction of sp³-hybridized carbons (Fsp3) is 0.320. The van der Waals surface area contributed by atoms with Gasteiger partial charge in [0, 0.05) is 6.42 Å². The zero-order valence-electron chi connectivity index (χ0n) is 17.9. The van der Waals surface area contributed by atoms with E-state index in [-0.39, 0.29) is 0 Å². The van der Waals surface area contributed by atoms with Crippen LogP contribution in [-0.4, -0.2) is 25.8 Å². The van der Waals surface area contributed by atoms with Gasteiger partial charge in [0.25, 0.3) is 0 Å². The molecule has 5 nitrogen and oxygen atoms in total. The molecule has 1 aromatic heterocycles. The van der Waals surface area contributed by atoms with E-state index in [2.05, 4.69) is 26.8 Å². The first-order chi connectivity index (χ1) is 14.5. The first-order valence-electron chi connectivity index (χ1n) is 10.5. The van der Waals surface area contributed by atoms with E-state index in [4.69, 9.17) is 10.1 Å². The van der Waals surface area contributed by atoms with Crippen molar-refractivity contribution in [1.82, 2.24) is 14.8 Å². The van der Waals surface area contributed by atoms with Crippen molar-refractivity contribution < 1.29 is 9.90 Å². The summed E-state index contributed by atoms with van der Waals surface area (Å²) in [5, 5.41) is 14.2. The van der Waals surface area contributed by atoms with Crippen LogP contribution in [0.5, 0.6) is 0 Å². The molecule has 2 aromatic carbocycles. The molecule has 0 radical (unpaired) electrons. The van der Waals surface area contributed by atoms with E-state index >= 15 is 0 Å². The van der Waals surface area contributed by atoms with Crippen LogP contribution in [0.25, 0.3) is 17.2 Å². The zero-order valence-corrected chi connectivity index (χ0v) is 17.9. The van der Waals surface area contributed by atoms with Crippen molar-refractivity contribution in [2.24, 2.45) is 5.92 Å². The Hall–Kier alpha value is -3.21. The second-order valence-electron chi connectivity index (χ2n) is 7.83. The van der Waals surface area contributed by atoms with Gasteiger partial charge in [-0.1, -0.05) is 69.3 Å². The van der Waals surface area contributed by atoms with Gasteiger partial charge in [0.15, 0.2) is 11.6 Å². The van der Waals surface area contributed by atoms with Crippen LogP contribution in [0, 0.1) is 5.92 Å². The molecule has 1 heterocycles. The molecule has 0 atom stereocenters. The molecule has 0 saturated carbocycles. The minimum atomic E-state index is -0.918. The quantitative estimate of drug-likeness (QED) is 0.497. The van der Waals surface area contributed by atoms with Crippen LogP contribution < -0.4 is 0 Å². The van der Waals surface area contributed by atoms with Crippen molar-refractivity contribution >= 4 is 12.0 Å². The summed E-state index contributed by atoms with van der Waals surface area (Å²) < 4.78 is 1.95. The number of hydrogen-bond acceptors (Lipinski definition) is 3. The summed E-state index contributed by atoms with van der Waals surface area (Å²) >= 11 is 0. The van der Waals surface area contributed by atoms with E-state index in [1.54, 1.807) is 12.1 Å². The highest BCUT2D eigenvalue weighted by Gasteiger charge is 2.12. The van der Waals surface area contributed by atoms with Crippen LogP contribution in [0.4, 0.5) is 0 Å². The first kappa shape index (κ1) is 21.5. The van der Waals surface area contributed by atoms with E-state index in [1.165, 1.54) is 0 Å². The number of allylic oxidation sites excluding steroid dienone is 1. The van der Waals surface area contributed by atoms with E-state index in [9.17, 15) is 9.90 Å². The summed E-state index contributed by atoms with van der Waals surface area (Å²) in [5.41, 5.74) is 3.01. The summed E-state index contributed by atoms with van der Waals surface area (Å²) in [6, 6.07) is 15.1. The Kier molecular flexibility index (Phi) is 7.17. The largest absolute Gasteiger partial charge is 0.478 e. The third-order valence-electron chi connectivity index (χ3n) is 4.95. The third kappa shape index (κ3) is 5.44. The molecule has 3 aromatic rings. The molecule has 0 spiro atoms. The van der Waals surface area contributed by atoms with E-state index < -0.39 is 5.97 Å². The molecule has 0 aliphatic rings. The number of nitrogens with zero attached hydrogens (tertiary/aromatic N) is 3. The van der Waals surface area contributed by atoms with Gasteiger partial charge in [-0.15, -0.1) is 0 Å². The van der Waals surface area contributed by atoms with Crippen molar-refractivity contribution in [3.63, 3.8) is 0 Å². The summed E-state index contributed by atoms with van der Waals surface area (Å²) in [6.07, 6.45) is 7.02. The van der Waals surface area contributed by atoms with Gasteiger partial charge in [-0.05, 0) is 47.6 Å². The molecule has 156 valence electrons.